The number of nitrogens with zero attached hydrogens (tertiary/aromatic N) is 2. The molecule has 2 atom stereocenters. The molecule has 132 valence electrons. The van der Waals surface area contributed by atoms with Gasteiger partial charge < -0.3 is 14.5 Å². The van der Waals surface area contributed by atoms with Crippen molar-refractivity contribution in [3.63, 3.8) is 0 Å². The second kappa shape index (κ2) is 6.15. The van der Waals surface area contributed by atoms with Crippen molar-refractivity contribution in [3.8, 4) is 0 Å². The summed E-state index contributed by atoms with van der Waals surface area (Å²) in [6.45, 7) is 4.40. The van der Waals surface area contributed by atoms with Crippen LogP contribution in [0.2, 0.25) is 0 Å². The van der Waals surface area contributed by atoms with Gasteiger partial charge in [-0.05, 0) is 38.8 Å². The fraction of sp³-hybridized carbons (Fsp3) is 0.500. The number of piperidine rings is 3. The van der Waals surface area contributed by atoms with Crippen molar-refractivity contribution in [1.29, 1.82) is 0 Å². The highest BCUT2D eigenvalue weighted by molar-refractivity contribution is 5.97. The number of amides is 1. The monoisotopic (exact) mass is 343 g/mol. The number of fused-ring (bicyclic) bond motifs is 4. The standard InChI is InChI=1S/C18H21N3O4/c1-10-16(11-3-5-21(10)6-4-11)20-17(22)13-8-14-12(9-19-13)7-15(25-14)18(23)24-2/h7-11,16H,3-6H2,1-2H3,(H,20,22)/t10-,16-/m0/s1. The van der Waals surface area contributed by atoms with Crippen LogP contribution < -0.4 is 5.32 Å². The highest BCUT2D eigenvalue weighted by Gasteiger charge is 2.40. The normalized spacial score (nSPS) is 28.1. The van der Waals surface area contributed by atoms with Gasteiger partial charge in [-0.1, -0.05) is 0 Å². The molecule has 0 radical (unpaired) electrons. The van der Waals surface area contributed by atoms with E-state index in [-0.39, 0.29) is 17.7 Å². The number of esters is 1. The maximum Gasteiger partial charge on any atom is 0.373 e. The van der Waals surface area contributed by atoms with Gasteiger partial charge in [-0.2, -0.15) is 0 Å². The van der Waals surface area contributed by atoms with Crippen LogP contribution in [-0.2, 0) is 4.74 Å². The predicted molar refractivity (Wildman–Crippen MR) is 90.4 cm³/mol. The second-order valence-corrected chi connectivity index (χ2v) is 6.82. The second-order valence-electron chi connectivity index (χ2n) is 6.82. The lowest BCUT2D eigenvalue weighted by Crippen LogP contribution is -2.62. The highest BCUT2D eigenvalue weighted by Crippen LogP contribution is 2.32. The molecule has 3 aliphatic rings. The molecule has 1 amide bonds. The smallest absolute Gasteiger partial charge is 0.373 e. The van der Waals surface area contributed by atoms with Crippen LogP contribution >= 0.6 is 0 Å². The fourth-order valence-electron chi connectivity index (χ4n) is 4.03. The number of furan rings is 1. The molecule has 3 saturated heterocycles. The van der Waals surface area contributed by atoms with Gasteiger partial charge in [0.1, 0.15) is 11.3 Å². The summed E-state index contributed by atoms with van der Waals surface area (Å²) in [7, 11) is 1.29. The van der Waals surface area contributed by atoms with E-state index >= 15 is 0 Å². The summed E-state index contributed by atoms with van der Waals surface area (Å²) in [4.78, 5) is 30.9. The molecule has 1 N–H and O–H groups in total. The van der Waals surface area contributed by atoms with Crippen molar-refractivity contribution in [1.82, 2.24) is 15.2 Å². The number of methoxy groups -OCH3 is 1. The van der Waals surface area contributed by atoms with Crippen molar-refractivity contribution in [2.24, 2.45) is 5.92 Å². The maximum atomic E-state index is 12.6. The van der Waals surface area contributed by atoms with Crippen LogP contribution in [-0.4, -0.2) is 54.0 Å². The van der Waals surface area contributed by atoms with Gasteiger partial charge in [-0.25, -0.2) is 4.79 Å². The van der Waals surface area contributed by atoms with Gasteiger partial charge >= 0.3 is 5.97 Å². The van der Waals surface area contributed by atoms with E-state index in [9.17, 15) is 9.59 Å². The molecule has 5 heterocycles. The van der Waals surface area contributed by atoms with Gasteiger partial charge in [0.05, 0.1) is 7.11 Å². The number of aromatic nitrogens is 1. The number of rotatable bonds is 3. The van der Waals surface area contributed by atoms with E-state index < -0.39 is 5.97 Å². The lowest BCUT2D eigenvalue weighted by Gasteiger charge is -2.49. The van der Waals surface area contributed by atoms with E-state index in [2.05, 4.69) is 26.9 Å². The molecule has 2 bridgehead atoms. The average Bonchev–Trinajstić information content (AvgIpc) is 3.07. The Bertz CT molecular complexity index is 821. The minimum Gasteiger partial charge on any atom is -0.463 e. The van der Waals surface area contributed by atoms with Gasteiger partial charge in [0.2, 0.25) is 5.76 Å². The molecule has 3 fully saturated rings. The van der Waals surface area contributed by atoms with E-state index in [4.69, 9.17) is 4.42 Å². The van der Waals surface area contributed by atoms with Crippen LogP contribution in [0.15, 0.2) is 22.7 Å². The van der Waals surface area contributed by atoms with Crippen LogP contribution in [0.25, 0.3) is 11.0 Å². The Morgan fingerprint density at radius 2 is 2.08 bits per heavy atom. The van der Waals surface area contributed by atoms with Gasteiger partial charge in [0.15, 0.2) is 0 Å². The molecule has 2 aromatic heterocycles. The number of carbonyl (C=O) groups excluding carboxylic acids is 2. The molecule has 0 aliphatic carbocycles. The van der Waals surface area contributed by atoms with Crippen LogP contribution in [0, 0.1) is 5.92 Å². The molecular weight excluding hydrogens is 322 g/mol. The molecule has 3 aliphatic heterocycles. The molecule has 7 nitrogen and oxygen atoms in total. The first kappa shape index (κ1) is 16.1. The average molecular weight is 343 g/mol. The van der Waals surface area contributed by atoms with Crippen molar-refractivity contribution in [2.45, 2.75) is 31.8 Å². The Morgan fingerprint density at radius 1 is 1.32 bits per heavy atom. The van der Waals surface area contributed by atoms with E-state index in [1.165, 1.54) is 7.11 Å². The lowest BCUT2D eigenvalue weighted by molar-refractivity contribution is 0.0216. The lowest BCUT2D eigenvalue weighted by atomic mass is 9.79. The van der Waals surface area contributed by atoms with E-state index in [1.54, 1.807) is 18.3 Å². The number of hydrogen-bond acceptors (Lipinski definition) is 6. The third kappa shape index (κ3) is 2.78. The van der Waals surface area contributed by atoms with E-state index in [1.807, 2.05) is 0 Å². The Labute approximate surface area is 145 Å². The summed E-state index contributed by atoms with van der Waals surface area (Å²) in [5, 5.41) is 3.81. The molecule has 0 spiro atoms. The van der Waals surface area contributed by atoms with Crippen LogP contribution in [0.4, 0.5) is 0 Å². The SMILES string of the molecule is COC(=O)c1cc2cnc(C(=O)N[C@@H]3C4CCN(CC4)[C@H]3C)cc2o1. The zero-order chi connectivity index (χ0) is 17.6. The molecule has 2 aromatic rings. The predicted octanol–water partition coefficient (Wildman–Crippen LogP) is 1.83. The Morgan fingerprint density at radius 3 is 2.76 bits per heavy atom. The number of carbonyl (C=O) groups is 2. The molecule has 0 aromatic carbocycles. The van der Waals surface area contributed by atoms with Gasteiger partial charge in [0.25, 0.3) is 5.91 Å². The van der Waals surface area contributed by atoms with Crippen molar-refractivity contribution in [3.05, 3.63) is 29.8 Å². The largest absolute Gasteiger partial charge is 0.463 e. The van der Waals surface area contributed by atoms with Gasteiger partial charge in [-0.15, -0.1) is 0 Å². The summed E-state index contributed by atoms with van der Waals surface area (Å²) in [6.07, 6.45) is 3.80. The van der Waals surface area contributed by atoms with Crippen molar-refractivity contribution < 1.29 is 18.7 Å². The Kier molecular flexibility index (Phi) is 3.95. The highest BCUT2D eigenvalue weighted by atomic mass is 16.5. The van der Waals surface area contributed by atoms with Crippen LogP contribution in [0.3, 0.4) is 0 Å². The third-order valence-electron chi connectivity index (χ3n) is 5.50. The topological polar surface area (TPSA) is 84.7 Å². The maximum absolute atomic E-state index is 12.6. The summed E-state index contributed by atoms with van der Waals surface area (Å²) in [5.74, 6) is -0.128. The van der Waals surface area contributed by atoms with E-state index in [0.717, 1.165) is 25.9 Å². The minimum absolute atomic E-state index is 0.0999. The molecule has 5 rings (SSSR count). The zero-order valence-electron chi connectivity index (χ0n) is 14.3. The number of pyridine rings is 1. The zero-order valence-corrected chi connectivity index (χ0v) is 14.3. The number of nitrogens with one attached hydrogen (secondary N) is 1. The molecular formula is C18H21N3O4. The van der Waals surface area contributed by atoms with Crippen molar-refractivity contribution >= 4 is 22.8 Å². The fourth-order valence-corrected chi connectivity index (χ4v) is 4.03. The summed E-state index contributed by atoms with van der Waals surface area (Å²) >= 11 is 0. The first-order valence-electron chi connectivity index (χ1n) is 8.59. The molecule has 7 heteroatoms. The molecule has 0 saturated carbocycles. The first-order chi connectivity index (χ1) is 12.1. The molecule has 0 unspecified atom stereocenters. The minimum atomic E-state index is -0.552. The summed E-state index contributed by atoms with van der Waals surface area (Å²) in [6, 6.07) is 3.62. The summed E-state index contributed by atoms with van der Waals surface area (Å²) in [5.41, 5.74) is 0.740. The first-order valence-corrected chi connectivity index (χ1v) is 8.59. The Balaban J connectivity index is 1.54. The van der Waals surface area contributed by atoms with Gasteiger partial charge in [-0.3, -0.25) is 14.7 Å². The van der Waals surface area contributed by atoms with E-state index in [0.29, 0.717) is 28.6 Å². The van der Waals surface area contributed by atoms with Crippen molar-refractivity contribution in [2.75, 3.05) is 20.2 Å². The number of ether oxygens (including phenoxy) is 1. The number of hydrogen-bond donors (Lipinski definition) is 1. The van der Waals surface area contributed by atoms with Crippen LogP contribution in [0.5, 0.6) is 0 Å². The third-order valence-corrected chi connectivity index (χ3v) is 5.50. The quantitative estimate of drug-likeness (QED) is 0.856. The summed E-state index contributed by atoms with van der Waals surface area (Å²) < 4.78 is 10.1. The molecule has 25 heavy (non-hydrogen) atoms. The Hall–Kier alpha value is -2.41. The van der Waals surface area contributed by atoms with Gasteiger partial charge in [0, 0.05) is 35.8 Å². The van der Waals surface area contributed by atoms with Crippen LogP contribution in [0.1, 0.15) is 40.8 Å².